The predicted molar refractivity (Wildman–Crippen MR) is 105 cm³/mol. The number of anilines is 1. The highest BCUT2D eigenvalue weighted by Crippen LogP contribution is 2.36. The van der Waals surface area contributed by atoms with E-state index in [2.05, 4.69) is 0 Å². The van der Waals surface area contributed by atoms with Crippen LogP contribution in [0.25, 0.3) is 0 Å². The van der Waals surface area contributed by atoms with Gasteiger partial charge in [-0.2, -0.15) is 13.2 Å². The molecule has 0 aliphatic heterocycles. The van der Waals surface area contributed by atoms with Gasteiger partial charge in [-0.15, -0.1) is 0 Å². The molecule has 0 saturated carbocycles. The molecular formula is C19H19ClF3NO5S. The summed E-state index contributed by atoms with van der Waals surface area (Å²) in [5, 5.41) is -0.599. The van der Waals surface area contributed by atoms with Crippen LogP contribution in [0.2, 0.25) is 5.02 Å². The molecule has 0 saturated heterocycles. The van der Waals surface area contributed by atoms with Crippen LogP contribution in [0.5, 0.6) is 5.75 Å². The molecule has 0 heterocycles. The number of esters is 1. The number of hydrogen-bond acceptors (Lipinski definition) is 5. The summed E-state index contributed by atoms with van der Waals surface area (Å²) in [6.07, 6.45) is -4.05. The fourth-order valence-corrected chi connectivity index (χ4v) is 3.81. The lowest BCUT2D eigenvalue weighted by molar-refractivity contribution is -0.139. The molecule has 0 amide bonds. The van der Waals surface area contributed by atoms with Crippen molar-refractivity contribution in [2.45, 2.75) is 24.4 Å². The van der Waals surface area contributed by atoms with Crippen LogP contribution in [-0.2, 0) is 25.7 Å². The van der Waals surface area contributed by atoms with Crippen molar-refractivity contribution in [3.05, 3.63) is 53.1 Å². The number of halogens is 4. The Hall–Kier alpha value is -2.30. The average Bonchev–Trinajstić information content (AvgIpc) is 2.67. The van der Waals surface area contributed by atoms with Gasteiger partial charge in [-0.3, -0.25) is 4.31 Å². The topological polar surface area (TPSA) is 72.9 Å². The lowest BCUT2D eigenvalue weighted by Crippen LogP contribution is -2.27. The first-order chi connectivity index (χ1) is 14.0. The van der Waals surface area contributed by atoms with Gasteiger partial charge in [0.25, 0.3) is 10.0 Å². The third-order valence-corrected chi connectivity index (χ3v) is 6.01. The molecule has 164 valence electrons. The highest BCUT2D eigenvalue weighted by atomic mass is 35.5. The van der Waals surface area contributed by atoms with E-state index in [1.165, 1.54) is 31.3 Å². The first-order valence-corrected chi connectivity index (χ1v) is 10.5. The van der Waals surface area contributed by atoms with Crippen molar-refractivity contribution >= 4 is 33.3 Å². The van der Waals surface area contributed by atoms with Crippen LogP contribution < -0.4 is 9.04 Å². The Labute approximate surface area is 177 Å². The van der Waals surface area contributed by atoms with Crippen LogP contribution in [0.1, 0.15) is 18.9 Å². The second-order valence-electron chi connectivity index (χ2n) is 6.13. The third-order valence-electron chi connectivity index (χ3n) is 3.90. The van der Waals surface area contributed by atoms with Gasteiger partial charge in [0, 0.05) is 13.7 Å². The highest BCUT2D eigenvalue weighted by Gasteiger charge is 2.35. The molecule has 0 aliphatic rings. The molecule has 0 radical (unpaired) electrons. The zero-order chi connectivity index (χ0) is 22.5. The maximum Gasteiger partial charge on any atom is 0.417 e. The smallest absolute Gasteiger partial charge is 0.417 e. The van der Waals surface area contributed by atoms with Crippen LogP contribution in [0.15, 0.2) is 47.4 Å². The largest absolute Gasteiger partial charge is 0.425 e. The Balaban J connectivity index is 2.19. The van der Waals surface area contributed by atoms with Crippen LogP contribution in [0.3, 0.4) is 0 Å². The number of carbonyl (C=O) groups is 1. The lowest BCUT2D eigenvalue weighted by atomic mass is 10.2. The van der Waals surface area contributed by atoms with E-state index in [-0.39, 0.29) is 18.0 Å². The van der Waals surface area contributed by atoms with Gasteiger partial charge < -0.3 is 9.47 Å². The molecule has 0 aliphatic carbocycles. The van der Waals surface area contributed by atoms with E-state index >= 15 is 0 Å². The van der Waals surface area contributed by atoms with E-state index < -0.39 is 37.7 Å². The van der Waals surface area contributed by atoms with Gasteiger partial charge in [-0.25, -0.2) is 13.2 Å². The predicted octanol–water partition coefficient (Wildman–Crippen LogP) is 4.52. The standard InChI is InChI=1S/C19H19ClF3NO5S/c1-3-10-28-12-18(25)29-14-6-4-13(5-7-14)24(2)30(26,27)15-8-9-17(20)16(11-15)19(21,22)23/h4-9,11H,3,10,12H2,1-2H3. The van der Waals surface area contributed by atoms with Gasteiger partial charge >= 0.3 is 12.1 Å². The fraction of sp³-hybridized carbons (Fsp3) is 0.316. The number of ether oxygens (including phenoxy) is 2. The third kappa shape index (κ3) is 5.87. The zero-order valence-corrected chi connectivity index (χ0v) is 17.6. The summed E-state index contributed by atoms with van der Waals surface area (Å²) in [5.41, 5.74) is -1.09. The Morgan fingerprint density at radius 2 is 1.77 bits per heavy atom. The molecule has 30 heavy (non-hydrogen) atoms. The fourth-order valence-electron chi connectivity index (χ4n) is 2.36. The van der Waals surface area contributed by atoms with Gasteiger partial charge in [0.1, 0.15) is 12.4 Å². The van der Waals surface area contributed by atoms with Crippen LogP contribution in [0, 0.1) is 0 Å². The molecule has 6 nitrogen and oxygen atoms in total. The normalized spacial score (nSPS) is 11.9. The van der Waals surface area contributed by atoms with Crippen molar-refractivity contribution in [3.8, 4) is 5.75 Å². The lowest BCUT2D eigenvalue weighted by Gasteiger charge is -2.20. The average molecular weight is 466 g/mol. The van der Waals surface area contributed by atoms with Crippen LogP contribution in [-0.4, -0.2) is 34.6 Å². The molecule has 0 bridgehead atoms. The zero-order valence-electron chi connectivity index (χ0n) is 16.1. The molecule has 2 aromatic carbocycles. The quantitative estimate of drug-likeness (QED) is 0.326. The van der Waals surface area contributed by atoms with Gasteiger partial charge in [0.05, 0.1) is 21.2 Å². The molecule has 2 rings (SSSR count). The van der Waals surface area contributed by atoms with Crippen molar-refractivity contribution < 1.29 is 35.9 Å². The van der Waals surface area contributed by atoms with E-state index in [0.717, 1.165) is 22.9 Å². The highest BCUT2D eigenvalue weighted by molar-refractivity contribution is 7.92. The van der Waals surface area contributed by atoms with E-state index in [0.29, 0.717) is 12.7 Å². The number of benzene rings is 2. The minimum atomic E-state index is -4.80. The molecule has 11 heteroatoms. The van der Waals surface area contributed by atoms with Crippen molar-refractivity contribution in [1.82, 2.24) is 0 Å². The van der Waals surface area contributed by atoms with Gasteiger partial charge in [0.15, 0.2) is 0 Å². The number of nitrogens with zero attached hydrogens (tertiary/aromatic N) is 1. The first-order valence-electron chi connectivity index (χ1n) is 8.71. The first kappa shape index (κ1) is 24.0. The molecule has 0 atom stereocenters. The SMILES string of the molecule is CCCOCC(=O)Oc1ccc(N(C)S(=O)(=O)c2ccc(Cl)c(C(F)(F)F)c2)cc1. The minimum Gasteiger partial charge on any atom is -0.425 e. The number of sulfonamides is 1. The summed E-state index contributed by atoms with van der Waals surface area (Å²) >= 11 is 5.55. The number of carbonyl (C=O) groups excluding carboxylic acids is 1. The molecule has 2 aromatic rings. The Morgan fingerprint density at radius 1 is 1.13 bits per heavy atom. The monoisotopic (exact) mass is 465 g/mol. The summed E-state index contributed by atoms with van der Waals surface area (Å²) in [7, 11) is -3.10. The van der Waals surface area contributed by atoms with Crippen molar-refractivity contribution in [2.75, 3.05) is 24.6 Å². The maximum atomic E-state index is 13.0. The van der Waals surface area contributed by atoms with Crippen molar-refractivity contribution in [1.29, 1.82) is 0 Å². The second-order valence-corrected chi connectivity index (χ2v) is 8.51. The molecular weight excluding hydrogens is 447 g/mol. The van der Waals surface area contributed by atoms with E-state index in [1.54, 1.807) is 0 Å². The van der Waals surface area contributed by atoms with Crippen molar-refractivity contribution in [2.24, 2.45) is 0 Å². The van der Waals surface area contributed by atoms with Crippen LogP contribution >= 0.6 is 11.6 Å². The van der Waals surface area contributed by atoms with E-state index in [4.69, 9.17) is 21.1 Å². The summed E-state index contributed by atoms with van der Waals surface area (Å²) < 4.78 is 75.6. The summed E-state index contributed by atoms with van der Waals surface area (Å²) in [4.78, 5) is 11.1. The Kier molecular flexibility index (Phi) is 7.73. The molecule has 0 unspecified atom stereocenters. The summed E-state index contributed by atoms with van der Waals surface area (Å²) in [6.45, 7) is 2.09. The summed E-state index contributed by atoms with van der Waals surface area (Å²) in [5.74, 6) is -0.446. The van der Waals surface area contributed by atoms with Gasteiger partial charge in [-0.05, 0) is 48.9 Å². The maximum absolute atomic E-state index is 13.0. The molecule has 0 spiro atoms. The molecule has 0 N–H and O–H groups in total. The molecule has 0 aromatic heterocycles. The summed E-state index contributed by atoms with van der Waals surface area (Å²) in [6, 6.07) is 7.80. The van der Waals surface area contributed by atoms with Gasteiger partial charge in [-0.1, -0.05) is 18.5 Å². The Bertz CT molecular complexity index is 994. The minimum absolute atomic E-state index is 0.153. The second kappa shape index (κ2) is 9.67. The number of hydrogen-bond donors (Lipinski definition) is 0. The van der Waals surface area contributed by atoms with E-state index in [1.807, 2.05) is 6.92 Å². The van der Waals surface area contributed by atoms with Gasteiger partial charge in [0.2, 0.25) is 0 Å². The van der Waals surface area contributed by atoms with E-state index in [9.17, 15) is 26.4 Å². The number of rotatable bonds is 8. The number of alkyl halides is 3. The van der Waals surface area contributed by atoms with Crippen molar-refractivity contribution in [3.63, 3.8) is 0 Å². The molecule has 0 fully saturated rings. The van der Waals surface area contributed by atoms with Crippen LogP contribution in [0.4, 0.5) is 18.9 Å². The Morgan fingerprint density at radius 3 is 2.33 bits per heavy atom.